The molecule has 3 nitrogen and oxygen atoms in total. The van der Waals surface area contributed by atoms with Crippen molar-refractivity contribution < 1.29 is 0 Å². The molecule has 0 spiro atoms. The van der Waals surface area contributed by atoms with Crippen LogP contribution in [0.3, 0.4) is 0 Å². The molecule has 0 atom stereocenters. The summed E-state index contributed by atoms with van der Waals surface area (Å²) < 4.78 is 2.46. The quantitative estimate of drug-likeness (QED) is 0.189. The number of para-hydroxylation sites is 1. The Bertz CT molecular complexity index is 2790. The van der Waals surface area contributed by atoms with Crippen molar-refractivity contribution in [3.8, 4) is 56.3 Å². The smallest absolute Gasteiger partial charge is 0.160 e. The average Bonchev–Trinajstić information content (AvgIpc) is 3.67. The van der Waals surface area contributed by atoms with E-state index in [9.17, 15) is 0 Å². The average molecular weight is 658 g/mol. The molecule has 9 aromatic rings. The van der Waals surface area contributed by atoms with E-state index in [0.29, 0.717) is 5.82 Å². The summed E-state index contributed by atoms with van der Waals surface area (Å²) in [5, 5.41) is 3.72. The number of hydrogen-bond donors (Lipinski definition) is 0. The first-order valence-corrected chi connectivity index (χ1v) is 17.8. The van der Waals surface area contributed by atoms with Crippen molar-refractivity contribution in [3.05, 3.63) is 163 Å². The van der Waals surface area contributed by atoms with Crippen molar-refractivity contribution >= 4 is 42.4 Å². The molecule has 1 aliphatic carbocycles. The fourth-order valence-electron chi connectivity index (χ4n) is 7.78. The lowest BCUT2D eigenvalue weighted by Gasteiger charge is -2.22. The van der Waals surface area contributed by atoms with Gasteiger partial charge in [0.1, 0.15) is 0 Å². The molecule has 6 aromatic carbocycles. The number of nitrogens with zero attached hydrogens (tertiary/aromatic N) is 3. The van der Waals surface area contributed by atoms with Gasteiger partial charge in [0.2, 0.25) is 0 Å². The third kappa shape index (κ3) is 4.45. The Kier molecular flexibility index (Phi) is 6.39. The molecule has 3 heterocycles. The fraction of sp³-hybridized carbons (Fsp3) is 0.0652. The second kappa shape index (κ2) is 11.0. The van der Waals surface area contributed by atoms with E-state index in [1.54, 1.807) is 0 Å². The molecule has 0 amide bonds. The zero-order chi connectivity index (χ0) is 33.4. The van der Waals surface area contributed by atoms with E-state index in [0.717, 1.165) is 44.9 Å². The van der Waals surface area contributed by atoms with Gasteiger partial charge in [-0.15, -0.1) is 11.3 Å². The summed E-state index contributed by atoms with van der Waals surface area (Å²) in [5.74, 6) is 0.694. The maximum absolute atomic E-state index is 5.27. The number of fused-ring (bicyclic) bond motifs is 8. The van der Waals surface area contributed by atoms with Crippen molar-refractivity contribution in [3.63, 3.8) is 0 Å². The van der Waals surface area contributed by atoms with Crippen LogP contribution in [-0.2, 0) is 5.41 Å². The monoisotopic (exact) mass is 657 g/mol. The molecule has 0 radical (unpaired) electrons. The molecule has 0 saturated carbocycles. The highest BCUT2D eigenvalue weighted by Crippen LogP contribution is 2.49. The third-order valence-corrected chi connectivity index (χ3v) is 11.5. The van der Waals surface area contributed by atoms with E-state index in [4.69, 9.17) is 15.0 Å². The zero-order valence-electron chi connectivity index (χ0n) is 27.7. The maximum Gasteiger partial charge on any atom is 0.160 e. The fourth-order valence-corrected chi connectivity index (χ4v) is 9.01. The largest absolute Gasteiger partial charge is 0.246 e. The van der Waals surface area contributed by atoms with Crippen molar-refractivity contribution in [2.24, 2.45) is 0 Å². The molecule has 0 aliphatic heterocycles. The molecule has 0 saturated heterocycles. The van der Waals surface area contributed by atoms with Gasteiger partial charge in [-0.2, -0.15) is 0 Å². The number of aromatic nitrogens is 3. The molecular formula is C46H31N3S. The number of pyridine rings is 1. The first-order valence-electron chi connectivity index (χ1n) is 17.0. The molecule has 1 aliphatic rings. The van der Waals surface area contributed by atoms with E-state index in [-0.39, 0.29) is 5.41 Å². The van der Waals surface area contributed by atoms with Crippen LogP contribution in [0, 0.1) is 0 Å². The van der Waals surface area contributed by atoms with Gasteiger partial charge in [0, 0.05) is 48.5 Å². The Hall–Kier alpha value is -5.97. The summed E-state index contributed by atoms with van der Waals surface area (Å²) in [6, 6.07) is 53.9. The Morgan fingerprint density at radius 1 is 0.480 bits per heavy atom. The lowest BCUT2D eigenvalue weighted by Crippen LogP contribution is -2.14. The highest BCUT2D eigenvalue weighted by Gasteiger charge is 2.35. The predicted molar refractivity (Wildman–Crippen MR) is 210 cm³/mol. The minimum Gasteiger partial charge on any atom is -0.246 e. The van der Waals surface area contributed by atoms with Gasteiger partial charge in [-0.05, 0) is 52.6 Å². The lowest BCUT2D eigenvalue weighted by molar-refractivity contribution is 0.660. The minimum absolute atomic E-state index is 0.0980. The Morgan fingerprint density at radius 3 is 2.04 bits per heavy atom. The van der Waals surface area contributed by atoms with Crippen molar-refractivity contribution in [1.82, 2.24) is 15.0 Å². The highest BCUT2D eigenvalue weighted by atomic mass is 32.1. The second-order valence-corrected chi connectivity index (χ2v) is 14.7. The topological polar surface area (TPSA) is 38.7 Å². The lowest BCUT2D eigenvalue weighted by atomic mass is 9.82. The van der Waals surface area contributed by atoms with Crippen LogP contribution in [0.2, 0.25) is 0 Å². The molecule has 0 fully saturated rings. The molecule has 236 valence electrons. The standard InChI is InChI=1S/C46H31N3S/c1-46(2)36-20-9-6-17-32(36)33-24-23-29(26-37(33)46)40-27-39(28-13-4-3-5-14-28)48-45(49-40)31-16-12-15-30(25-31)43-44-42(34-18-7-10-21-38(34)47-43)35-19-8-11-22-41(35)50-44/h3-27H,1-2H3. The molecule has 50 heavy (non-hydrogen) atoms. The minimum atomic E-state index is -0.0980. The predicted octanol–water partition coefficient (Wildman–Crippen LogP) is 12.4. The number of rotatable bonds is 4. The molecule has 4 heteroatoms. The van der Waals surface area contributed by atoms with Gasteiger partial charge in [-0.25, -0.2) is 15.0 Å². The van der Waals surface area contributed by atoms with Gasteiger partial charge in [-0.1, -0.05) is 135 Å². The Balaban J connectivity index is 1.16. The van der Waals surface area contributed by atoms with Gasteiger partial charge in [0.05, 0.1) is 27.3 Å². The molecular weight excluding hydrogens is 627 g/mol. The summed E-state index contributed by atoms with van der Waals surface area (Å²) in [5.41, 5.74) is 13.2. The summed E-state index contributed by atoms with van der Waals surface area (Å²) in [6.07, 6.45) is 0. The van der Waals surface area contributed by atoms with Crippen LogP contribution in [0.15, 0.2) is 152 Å². The number of thiophene rings is 1. The van der Waals surface area contributed by atoms with Crippen LogP contribution in [0.1, 0.15) is 25.0 Å². The van der Waals surface area contributed by atoms with E-state index < -0.39 is 0 Å². The van der Waals surface area contributed by atoms with E-state index in [1.807, 2.05) is 17.4 Å². The summed E-state index contributed by atoms with van der Waals surface area (Å²) >= 11 is 1.81. The second-order valence-electron chi connectivity index (χ2n) is 13.6. The summed E-state index contributed by atoms with van der Waals surface area (Å²) in [7, 11) is 0. The maximum atomic E-state index is 5.27. The van der Waals surface area contributed by atoms with Crippen LogP contribution in [0.5, 0.6) is 0 Å². The van der Waals surface area contributed by atoms with Crippen LogP contribution >= 0.6 is 11.3 Å². The van der Waals surface area contributed by atoms with Crippen molar-refractivity contribution in [1.29, 1.82) is 0 Å². The van der Waals surface area contributed by atoms with E-state index in [2.05, 4.69) is 159 Å². The molecule has 0 unspecified atom stereocenters. The number of benzene rings is 6. The first-order chi connectivity index (χ1) is 24.5. The van der Waals surface area contributed by atoms with Crippen LogP contribution in [0.4, 0.5) is 0 Å². The van der Waals surface area contributed by atoms with E-state index >= 15 is 0 Å². The van der Waals surface area contributed by atoms with Crippen LogP contribution in [-0.4, -0.2) is 15.0 Å². The van der Waals surface area contributed by atoms with Gasteiger partial charge < -0.3 is 0 Å². The van der Waals surface area contributed by atoms with Crippen LogP contribution in [0.25, 0.3) is 87.4 Å². The third-order valence-electron chi connectivity index (χ3n) is 10.3. The summed E-state index contributed by atoms with van der Waals surface area (Å²) in [4.78, 5) is 15.7. The number of hydrogen-bond acceptors (Lipinski definition) is 4. The van der Waals surface area contributed by atoms with E-state index in [1.165, 1.54) is 47.8 Å². The van der Waals surface area contributed by atoms with Gasteiger partial charge in [0.25, 0.3) is 0 Å². The molecule has 0 N–H and O–H groups in total. The van der Waals surface area contributed by atoms with Crippen molar-refractivity contribution in [2.75, 3.05) is 0 Å². The Morgan fingerprint density at radius 2 is 1.16 bits per heavy atom. The first kappa shape index (κ1) is 29.0. The molecule has 10 rings (SSSR count). The Labute approximate surface area is 294 Å². The van der Waals surface area contributed by atoms with Gasteiger partial charge in [0.15, 0.2) is 5.82 Å². The van der Waals surface area contributed by atoms with Crippen LogP contribution < -0.4 is 0 Å². The normalized spacial score (nSPS) is 13.2. The summed E-state index contributed by atoms with van der Waals surface area (Å²) in [6.45, 7) is 4.64. The van der Waals surface area contributed by atoms with Gasteiger partial charge in [-0.3, -0.25) is 0 Å². The highest BCUT2D eigenvalue weighted by molar-refractivity contribution is 7.26. The van der Waals surface area contributed by atoms with Gasteiger partial charge >= 0.3 is 0 Å². The SMILES string of the molecule is CC1(C)c2ccccc2-c2ccc(-c3cc(-c4ccccc4)nc(-c4cccc(-c5nc6ccccc6c6c5sc5ccccc56)c4)n3)cc21. The van der Waals surface area contributed by atoms with Crippen molar-refractivity contribution in [2.45, 2.75) is 19.3 Å². The molecule has 0 bridgehead atoms. The molecule has 3 aromatic heterocycles. The zero-order valence-corrected chi connectivity index (χ0v) is 28.5.